The van der Waals surface area contributed by atoms with Crippen LogP contribution >= 0.6 is 0 Å². The molecule has 0 spiro atoms. The number of fused-ring (bicyclic) bond motifs is 2. The monoisotopic (exact) mass is 949 g/mol. The number of Topliss-reactive ketones (excluding diaryl/α,β-unsaturated/α-hetero) is 2. The van der Waals surface area contributed by atoms with E-state index in [0.29, 0.717) is 74.8 Å². The fourth-order valence-corrected chi connectivity index (χ4v) is 10.1. The van der Waals surface area contributed by atoms with Crippen LogP contribution in [0.2, 0.25) is 0 Å². The van der Waals surface area contributed by atoms with Crippen LogP contribution in [0.4, 0.5) is 14.6 Å². The molecule has 12 nitrogen and oxygen atoms in total. The molecule has 14 heteroatoms. The summed E-state index contributed by atoms with van der Waals surface area (Å²) in [6, 6.07) is 28.7. The van der Waals surface area contributed by atoms with Gasteiger partial charge in [-0.1, -0.05) is 72.8 Å². The zero-order valence-corrected chi connectivity index (χ0v) is 40.8. The van der Waals surface area contributed by atoms with E-state index in [2.05, 4.69) is 30.2 Å². The number of carbonyl (C=O) groups is 3. The molecule has 1 amide bonds. The summed E-state index contributed by atoms with van der Waals surface area (Å²) >= 11 is 0. The lowest BCUT2D eigenvalue weighted by Gasteiger charge is -2.49. The molecule has 4 aromatic rings. The highest BCUT2D eigenvalue weighted by molar-refractivity contribution is 5.89. The molecule has 3 atom stereocenters. The zero-order chi connectivity index (χ0) is 48.9. The van der Waals surface area contributed by atoms with Gasteiger partial charge in [-0.3, -0.25) is 29.1 Å². The Balaban J connectivity index is 1.10. The number of likely N-dealkylation sites (tertiary alicyclic amines) is 2. The highest BCUT2D eigenvalue weighted by Gasteiger charge is 2.49. The van der Waals surface area contributed by atoms with Crippen LogP contribution in [-0.4, -0.2) is 138 Å². The van der Waals surface area contributed by atoms with E-state index in [1.165, 1.54) is 23.5 Å². The number of amides is 1. The molecule has 3 aromatic carbocycles. The molecule has 0 aliphatic carbocycles. The fourth-order valence-electron chi connectivity index (χ4n) is 10.1. The molecule has 0 saturated carbocycles. The summed E-state index contributed by atoms with van der Waals surface area (Å²) in [7, 11) is 0. The van der Waals surface area contributed by atoms with Crippen molar-refractivity contribution in [2.24, 2.45) is 5.92 Å². The molecule has 69 heavy (non-hydrogen) atoms. The van der Waals surface area contributed by atoms with Gasteiger partial charge in [0.05, 0.1) is 31.9 Å². The molecule has 7 rings (SSSR count). The minimum Gasteiger partial charge on any atom is -0.489 e. The largest absolute Gasteiger partial charge is 0.489 e. The summed E-state index contributed by atoms with van der Waals surface area (Å²) in [5.41, 5.74) is 2.66. The minimum atomic E-state index is -1.04. The maximum atomic E-state index is 16.1. The van der Waals surface area contributed by atoms with E-state index >= 15 is 13.6 Å². The Labute approximate surface area is 407 Å². The Morgan fingerprint density at radius 3 is 2.16 bits per heavy atom. The van der Waals surface area contributed by atoms with Crippen LogP contribution in [0.5, 0.6) is 5.75 Å². The number of ketones is 2. The normalized spacial score (nSPS) is 17.7. The van der Waals surface area contributed by atoms with Gasteiger partial charge in [0.2, 0.25) is 5.91 Å². The fraction of sp³-hybridized carbons (Fsp3) is 0.491. The molecular formula is C55H70F2N6O6. The number of pyridine rings is 1. The van der Waals surface area contributed by atoms with E-state index in [-0.39, 0.29) is 75.1 Å². The van der Waals surface area contributed by atoms with Crippen molar-refractivity contribution < 1.29 is 37.4 Å². The van der Waals surface area contributed by atoms with Gasteiger partial charge in [-0.25, -0.2) is 13.8 Å². The Hall–Kier alpha value is -5.38. The maximum Gasteiger partial charge on any atom is 0.226 e. The van der Waals surface area contributed by atoms with Crippen LogP contribution in [0.1, 0.15) is 69.3 Å². The zero-order valence-electron chi connectivity index (χ0n) is 40.8. The third-order valence-corrected chi connectivity index (χ3v) is 13.5. The number of halogens is 2. The summed E-state index contributed by atoms with van der Waals surface area (Å²) in [5, 5.41) is 0. The van der Waals surface area contributed by atoms with Crippen LogP contribution in [0.15, 0.2) is 104 Å². The van der Waals surface area contributed by atoms with Crippen molar-refractivity contribution in [1.29, 1.82) is 0 Å². The number of ether oxygens (including phenoxy) is 3. The van der Waals surface area contributed by atoms with E-state index in [1.54, 1.807) is 29.2 Å². The third kappa shape index (κ3) is 14.1. The second-order valence-electron chi connectivity index (χ2n) is 18.9. The van der Waals surface area contributed by atoms with Crippen molar-refractivity contribution in [3.05, 3.63) is 138 Å². The molecule has 3 fully saturated rings. The number of piperazine rings is 1. The summed E-state index contributed by atoms with van der Waals surface area (Å²) in [4.78, 5) is 57.7. The number of anilines is 1. The summed E-state index contributed by atoms with van der Waals surface area (Å²) in [6.07, 6.45) is 2.52. The number of rotatable bonds is 28. The van der Waals surface area contributed by atoms with Gasteiger partial charge in [0.1, 0.15) is 29.7 Å². The predicted octanol–water partition coefficient (Wildman–Crippen LogP) is 7.53. The first-order valence-corrected chi connectivity index (χ1v) is 24.7. The molecule has 0 radical (unpaired) electrons. The smallest absolute Gasteiger partial charge is 0.226 e. The van der Waals surface area contributed by atoms with E-state index in [0.717, 1.165) is 24.2 Å². The van der Waals surface area contributed by atoms with E-state index < -0.39 is 29.7 Å². The summed E-state index contributed by atoms with van der Waals surface area (Å²) < 4.78 is 49.6. The van der Waals surface area contributed by atoms with Crippen LogP contribution in [0.3, 0.4) is 0 Å². The number of hydrogen-bond acceptors (Lipinski definition) is 11. The van der Waals surface area contributed by atoms with Crippen molar-refractivity contribution in [3.63, 3.8) is 0 Å². The Morgan fingerprint density at radius 2 is 1.52 bits per heavy atom. The first-order chi connectivity index (χ1) is 33.4. The van der Waals surface area contributed by atoms with Gasteiger partial charge in [-0.15, -0.1) is 6.58 Å². The first kappa shape index (κ1) is 51.5. The van der Waals surface area contributed by atoms with Crippen molar-refractivity contribution in [2.45, 2.75) is 103 Å². The Kier molecular flexibility index (Phi) is 18.6. The molecule has 2 bridgehead atoms. The summed E-state index contributed by atoms with van der Waals surface area (Å²) in [5.74, 6) is -2.26. The van der Waals surface area contributed by atoms with Gasteiger partial charge in [-0.2, -0.15) is 0 Å². The van der Waals surface area contributed by atoms with Crippen LogP contribution in [0.25, 0.3) is 0 Å². The lowest BCUT2D eigenvalue weighted by molar-refractivity contribution is -0.162. The molecular weight excluding hydrogens is 879 g/mol. The van der Waals surface area contributed by atoms with Crippen LogP contribution in [0, 0.1) is 17.6 Å². The standard InChI is InChI=1S/C55H70F2N6O6/c1-6-25-59(35-48(64)22-19-40-15-11-9-12-16-40)36-49(65)27-43(26-42-20-23-50(29-52(42)57)69-38-41-17-13-10-14-18-41)55(66)61(37-53(67-7-2)68-8-3)30-44-21-24-51(56)54(58-44)60-31-47(32-60)63-34-45-28-46(63)33-62(45)39(4)5/h6,9-18,20-21,23-24,29,39,43,45-47,53H,1,7-8,19,22,25-28,30-38H2,2-5H3/t43-,45+,46+/m1/s1. The molecule has 3 saturated heterocycles. The minimum absolute atomic E-state index is 0.0243. The lowest BCUT2D eigenvalue weighted by Crippen LogP contribution is -2.64. The molecule has 1 aromatic heterocycles. The van der Waals surface area contributed by atoms with Crippen LogP contribution in [-0.2, 0) is 49.9 Å². The van der Waals surface area contributed by atoms with Gasteiger partial charge in [0, 0.05) is 94.9 Å². The van der Waals surface area contributed by atoms with Crippen LogP contribution < -0.4 is 9.64 Å². The average Bonchev–Trinajstić information content (AvgIpc) is 3.94. The number of aryl methyl sites for hydroxylation is 1. The highest BCUT2D eigenvalue weighted by Crippen LogP contribution is 2.37. The van der Waals surface area contributed by atoms with Crippen molar-refractivity contribution in [3.8, 4) is 5.75 Å². The van der Waals surface area contributed by atoms with Crippen molar-refractivity contribution in [1.82, 2.24) is 24.6 Å². The van der Waals surface area contributed by atoms with Crippen molar-refractivity contribution in [2.75, 3.05) is 70.5 Å². The Bertz CT molecular complexity index is 2310. The number of aromatic nitrogens is 1. The summed E-state index contributed by atoms with van der Waals surface area (Å²) in [6.45, 7) is 16.4. The molecule has 4 heterocycles. The number of nitrogens with zero attached hydrogens (tertiary/aromatic N) is 6. The van der Waals surface area contributed by atoms with Crippen molar-refractivity contribution >= 4 is 23.3 Å². The molecule has 370 valence electrons. The second-order valence-corrected chi connectivity index (χ2v) is 18.9. The van der Waals surface area contributed by atoms with Gasteiger partial charge in [0.25, 0.3) is 0 Å². The number of carbonyl (C=O) groups excluding carboxylic acids is 3. The van der Waals surface area contributed by atoms with Gasteiger partial charge >= 0.3 is 0 Å². The van der Waals surface area contributed by atoms with E-state index in [1.807, 2.05) is 79.4 Å². The molecule has 0 unspecified atom stereocenters. The first-order valence-electron chi connectivity index (χ1n) is 24.7. The van der Waals surface area contributed by atoms with E-state index in [9.17, 15) is 9.59 Å². The topological polar surface area (TPSA) is 108 Å². The number of hydrogen-bond donors (Lipinski definition) is 0. The quantitative estimate of drug-likeness (QED) is 0.0417. The molecule has 0 N–H and O–H groups in total. The number of benzene rings is 3. The Morgan fingerprint density at radius 1 is 0.826 bits per heavy atom. The van der Waals surface area contributed by atoms with Gasteiger partial charge in [0.15, 0.2) is 17.9 Å². The SMILES string of the molecule is C=CCN(CC(=O)CCc1ccccc1)CC(=O)C[C@@H](Cc1ccc(OCc2ccccc2)cc1F)C(=O)N(Cc1ccc(F)c(N2CC(N3C[C@@H]4C[C@H]3CN4C(C)C)C2)n1)CC(OCC)OCC. The average molecular weight is 949 g/mol. The van der Waals surface area contributed by atoms with Gasteiger partial charge in [-0.05, 0) is 81.8 Å². The van der Waals surface area contributed by atoms with Gasteiger partial charge < -0.3 is 24.0 Å². The highest BCUT2D eigenvalue weighted by atomic mass is 19.1. The lowest BCUT2D eigenvalue weighted by atomic mass is 9.92. The maximum absolute atomic E-state index is 16.1. The second kappa shape index (κ2) is 25.0. The third-order valence-electron chi connectivity index (χ3n) is 13.5. The molecule has 3 aliphatic heterocycles. The van der Waals surface area contributed by atoms with E-state index in [4.69, 9.17) is 19.2 Å². The predicted molar refractivity (Wildman–Crippen MR) is 264 cm³/mol. The molecule has 3 aliphatic rings.